The van der Waals surface area contributed by atoms with E-state index in [-0.39, 0.29) is 19.5 Å². The maximum Gasteiger partial charge on any atom is 0.418 e. The van der Waals surface area contributed by atoms with Crippen molar-refractivity contribution in [2.24, 2.45) is 17.8 Å². The first kappa shape index (κ1) is 25.4. The van der Waals surface area contributed by atoms with Crippen LogP contribution in [0.25, 0.3) is 0 Å². The van der Waals surface area contributed by atoms with Crippen molar-refractivity contribution >= 4 is 24.0 Å². The molecule has 1 fully saturated rings. The molecule has 37 heavy (non-hydrogen) atoms. The molecule has 0 radical (unpaired) electrons. The van der Waals surface area contributed by atoms with Gasteiger partial charge in [0, 0.05) is 13.1 Å². The van der Waals surface area contributed by atoms with Crippen molar-refractivity contribution in [3.63, 3.8) is 0 Å². The summed E-state index contributed by atoms with van der Waals surface area (Å²) in [5, 5.41) is 18.5. The third kappa shape index (κ3) is 6.32. The van der Waals surface area contributed by atoms with E-state index in [2.05, 4.69) is 0 Å². The van der Waals surface area contributed by atoms with E-state index in [1.807, 2.05) is 60.7 Å². The van der Waals surface area contributed by atoms with E-state index in [9.17, 15) is 24.3 Å². The second-order valence-corrected chi connectivity index (χ2v) is 8.74. The Morgan fingerprint density at radius 1 is 0.703 bits per heavy atom. The number of benzene rings is 3. The van der Waals surface area contributed by atoms with Gasteiger partial charge in [-0.25, -0.2) is 4.79 Å². The van der Waals surface area contributed by atoms with Crippen molar-refractivity contribution in [3.05, 3.63) is 96.1 Å². The predicted octanol–water partition coefficient (Wildman–Crippen LogP) is 4.57. The zero-order valence-corrected chi connectivity index (χ0v) is 19.7. The Labute approximate surface area is 212 Å². The molecular formula is C28H25NO8. The van der Waals surface area contributed by atoms with Gasteiger partial charge >= 0.3 is 24.0 Å². The molecule has 0 bridgehead atoms. The Kier molecular flexibility index (Phi) is 7.83. The highest BCUT2D eigenvalue weighted by molar-refractivity contribution is 5.93. The molecule has 0 saturated heterocycles. The normalized spacial score (nSPS) is 18.2. The van der Waals surface area contributed by atoms with Gasteiger partial charge < -0.3 is 19.7 Å². The van der Waals surface area contributed by atoms with Crippen LogP contribution in [-0.2, 0) is 32.2 Å². The van der Waals surface area contributed by atoms with E-state index in [0.29, 0.717) is 11.5 Å². The van der Waals surface area contributed by atoms with Crippen molar-refractivity contribution in [2.45, 2.75) is 19.5 Å². The van der Waals surface area contributed by atoms with Crippen LogP contribution in [0.1, 0.15) is 17.5 Å². The SMILES string of the molecule is O=C(O)C1CC(C(=O)OC(=O)N(Cc2ccccc2)Cc2ccc(Oc3ccccc3)cc2)C1C(=O)O. The molecule has 0 spiro atoms. The number of rotatable bonds is 9. The number of ether oxygens (including phenoxy) is 2. The fraction of sp³-hybridized carbons (Fsp3) is 0.214. The first-order valence-corrected chi connectivity index (χ1v) is 11.6. The van der Waals surface area contributed by atoms with Crippen LogP contribution < -0.4 is 4.74 Å². The summed E-state index contributed by atoms with van der Waals surface area (Å²) < 4.78 is 10.8. The number of esters is 1. The van der Waals surface area contributed by atoms with Crippen molar-refractivity contribution in [3.8, 4) is 11.5 Å². The Bertz CT molecular complexity index is 1260. The third-order valence-electron chi connectivity index (χ3n) is 6.22. The van der Waals surface area contributed by atoms with Gasteiger partial charge in [-0.2, -0.15) is 0 Å². The molecule has 0 heterocycles. The molecule has 4 rings (SSSR count). The van der Waals surface area contributed by atoms with Crippen molar-refractivity contribution in [1.29, 1.82) is 0 Å². The maximum atomic E-state index is 13.0. The standard InChI is InChI=1S/C28H25NO8/c30-25(31)22-15-23(24(22)26(32)33)27(34)37-28(35)29(16-18-7-3-1-4-8-18)17-19-11-13-21(14-12-19)36-20-9-5-2-6-10-20/h1-14,22-24H,15-17H2,(H,30,31)(H,32,33). The van der Waals surface area contributed by atoms with Gasteiger partial charge in [-0.15, -0.1) is 0 Å². The van der Waals surface area contributed by atoms with Crippen LogP contribution in [-0.4, -0.2) is 39.1 Å². The van der Waals surface area contributed by atoms with Crippen molar-refractivity contribution in [1.82, 2.24) is 4.90 Å². The molecular weight excluding hydrogens is 478 g/mol. The summed E-state index contributed by atoms with van der Waals surface area (Å²) in [4.78, 5) is 49.6. The van der Waals surface area contributed by atoms with Crippen molar-refractivity contribution in [2.75, 3.05) is 0 Å². The lowest BCUT2D eigenvalue weighted by atomic mass is 9.64. The Hall–Kier alpha value is -4.66. The molecule has 0 aromatic heterocycles. The molecule has 190 valence electrons. The van der Waals surface area contributed by atoms with Gasteiger partial charge in [0.1, 0.15) is 11.5 Å². The number of aliphatic carboxylic acids is 2. The number of carbonyl (C=O) groups excluding carboxylic acids is 2. The van der Waals surface area contributed by atoms with Gasteiger partial charge in [0.05, 0.1) is 17.8 Å². The minimum Gasteiger partial charge on any atom is -0.481 e. The monoisotopic (exact) mass is 503 g/mol. The summed E-state index contributed by atoms with van der Waals surface area (Å²) >= 11 is 0. The fourth-order valence-corrected chi connectivity index (χ4v) is 4.22. The summed E-state index contributed by atoms with van der Waals surface area (Å²) in [7, 11) is 0. The maximum absolute atomic E-state index is 13.0. The van der Waals surface area contributed by atoms with Crippen LogP contribution in [0.15, 0.2) is 84.9 Å². The number of carboxylic acids is 2. The summed E-state index contributed by atoms with van der Waals surface area (Å²) in [5.41, 5.74) is 1.55. The average molecular weight is 504 g/mol. The van der Waals surface area contributed by atoms with Crippen LogP contribution in [0.2, 0.25) is 0 Å². The smallest absolute Gasteiger partial charge is 0.418 e. The third-order valence-corrected chi connectivity index (χ3v) is 6.22. The Balaban J connectivity index is 1.45. The van der Waals surface area contributed by atoms with Crippen molar-refractivity contribution < 1.29 is 38.9 Å². The first-order valence-electron chi connectivity index (χ1n) is 11.6. The van der Waals surface area contributed by atoms with Crippen LogP contribution in [0.3, 0.4) is 0 Å². The van der Waals surface area contributed by atoms with Crippen LogP contribution in [0, 0.1) is 17.8 Å². The van der Waals surface area contributed by atoms with E-state index < -0.39 is 41.8 Å². The van der Waals surface area contributed by atoms with Gasteiger partial charge in [-0.3, -0.25) is 19.3 Å². The molecule has 1 aliphatic carbocycles. The molecule has 2 N–H and O–H groups in total. The minimum atomic E-state index is -1.43. The van der Waals surface area contributed by atoms with Gasteiger partial charge in [-0.05, 0) is 41.8 Å². The lowest BCUT2D eigenvalue weighted by Crippen LogP contribution is -2.50. The zero-order valence-electron chi connectivity index (χ0n) is 19.7. The topological polar surface area (TPSA) is 130 Å². The molecule has 3 aromatic carbocycles. The number of hydrogen-bond donors (Lipinski definition) is 2. The largest absolute Gasteiger partial charge is 0.481 e. The fourth-order valence-electron chi connectivity index (χ4n) is 4.22. The average Bonchev–Trinajstić information content (AvgIpc) is 2.85. The second-order valence-electron chi connectivity index (χ2n) is 8.74. The first-order chi connectivity index (χ1) is 17.8. The summed E-state index contributed by atoms with van der Waals surface area (Å²) in [6, 6.07) is 25.5. The minimum absolute atomic E-state index is 0.109. The van der Waals surface area contributed by atoms with E-state index in [1.54, 1.807) is 24.3 Å². The van der Waals surface area contributed by atoms with E-state index >= 15 is 0 Å². The molecule has 3 unspecified atom stereocenters. The van der Waals surface area contributed by atoms with Gasteiger partial charge in [0.15, 0.2) is 0 Å². The quantitative estimate of drug-likeness (QED) is 0.321. The highest BCUT2D eigenvalue weighted by Crippen LogP contribution is 2.41. The van der Waals surface area contributed by atoms with Crippen LogP contribution >= 0.6 is 0 Å². The van der Waals surface area contributed by atoms with E-state index in [4.69, 9.17) is 14.6 Å². The highest BCUT2D eigenvalue weighted by Gasteiger charge is 2.54. The summed E-state index contributed by atoms with van der Waals surface area (Å²) in [6.07, 6.45) is -1.14. The molecule has 1 saturated carbocycles. The predicted molar refractivity (Wildman–Crippen MR) is 130 cm³/mol. The molecule has 0 aliphatic heterocycles. The van der Waals surface area contributed by atoms with E-state index in [1.165, 1.54) is 4.90 Å². The number of amides is 1. The van der Waals surface area contributed by atoms with Gasteiger partial charge in [0.25, 0.3) is 0 Å². The molecule has 1 aliphatic rings. The van der Waals surface area contributed by atoms with Gasteiger partial charge in [0.2, 0.25) is 0 Å². The lowest BCUT2D eigenvalue weighted by molar-refractivity contribution is -0.174. The van der Waals surface area contributed by atoms with E-state index in [0.717, 1.165) is 11.1 Å². The van der Waals surface area contributed by atoms with Gasteiger partial charge in [-0.1, -0.05) is 60.7 Å². The zero-order chi connectivity index (χ0) is 26.4. The lowest BCUT2D eigenvalue weighted by Gasteiger charge is -2.37. The number of para-hydroxylation sites is 1. The number of nitrogens with zero attached hydrogens (tertiary/aromatic N) is 1. The second kappa shape index (κ2) is 11.4. The molecule has 3 atom stereocenters. The summed E-state index contributed by atoms with van der Waals surface area (Å²) in [6.45, 7) is 0.247. The summed E-state index contributed by atoms with van der Waals surface area (Å²) in [5.74, 6) is -6.28. The Morgan fingerprint density at radius 3 is 1.81 bits per heavy atom. The molecule has 3 aromatic rings. The molecule has 1 amide bonds. The number of hydrogen-bond acceptors (Lipinski definition) is 6. The highest BCUT2D eigenvalue weighted by atomic mass is 16.6. The molecule has 9 nitrogen and oxygen atoms in total. The number of carbonyl (C=O) groups is 4. The molecule has 9 heteroatoms. The number of carboxylic acid groups (broad SMARTS) is 2. The van der Waals surface area contributed by atoms with Crippen LogP contribution in [0.4, 0.5) is 4.79 Å². The Morgan fingerprint density at radius 2 is 1.24 bits per heavy atom. The van der Waals surface area contributed by atoms with Crippen LogP contribution in [0.5, 0.6) is 11.5 Å².